The molecular formula is C17H30N6O. The first-order valence-electron chi connectivity index (χ1n) is 9.46. The second-order valence-corrected chi connectivity index (χ2v) is 6.81. The second kappa shape index (κ2) is 8.46. The fourth-order valence-electron chi connectivity index (χ4n) is 3.58. The lowest BCUT2D eigenvalue weighted by Gasteiger charge is -2.26. The molecule has 1 atom stereocenters. The van der Waals surface area contributed by atoms with Crippen molar-refractivity contribution in [2.24, 2.45) is 0 Å². The first-order valence-corrected chi connectivity index (χ1v) is 9.46. The molecule has 0 radical (unpaired) electrons. The molecule has 0 aliphatic carbocycles. The molecular weight excluding hydrogens is 304 g/mol. The molecule has 134 valence electrons. The molecule has 7 nitrogen and oxygen atoms in total. The van der Waals surface area contributed by atoms with Crippen molar-refractivity contribution in [2.45, 2.75) is 64.5 Å². The van der Waals surface area contributed by atoms with Crippen molar-refractivity contribution in [3.05, 3.63) is 11.6 Å². The third-order valence-corrected chi connectivity index (χ3v) is 4.93. The topological polar surface area (TPSA) is 75.1 Å². The summed E-state index contributed by atoms with van der Waals surface area (Å²) in [6, 6.07) is -0.109. The molecule has 7 heteroatoms. The molecule has 1 aromatic rings. The Morgan fingerprint density at radius 2 is 2.04 bits per heavy atom. The Hall–Kier alpha value is -1.63. The highest BCUT2D eigenvalue weighted by Crippen LogP contribution is 2.23. The minimum Gasteiger partial charge on any atom is -0.338 e. The molecule has 0 saturated carbocycles. The van der Waals surface area contributed by atoms with Crippen LogP contribution < -0.4 is 10.6 Å². The number of aromatic nitrogens is 3. The normalized spacial score (nSPS) is 21.3. The Morgan fingerprint density at radius 1 is 1.21 bits per heavy atom. The molecule has 3 rings (SSSR count). The molecule has 3 heterocycles. The van der Waals surface area contributed by atoms with Crippen LogP contribution in [-0.4, -0.2) is 51.9 Å². The van der Waals surface area contributed by atoms with Crippen molar-refractivity contribution >= 4 is 6.03 Å². The van der Waals surface area contributed by atoms with Crippen molar-refractivity contribution in [3.63, 3.8) is 0 Å². The molecule has 1 saturated heterocycles. The van der Waals surface area contributed by atoms with Gasteiger partial charge in [-0.1, -0.05) is 13.3 Å². The number of carbonyl (C=O) groups excluding carboxylic acids is 1. The van der Waals surface area contributed by atoms with Crippen molar-refractivity contribution < 1.29 is 4.79 Å². The summed E-state index contributed by atoms with van der Waals surface area (Å²) in [7, 11) is 0. The summed E-state index contributed by atoms with van der Waals surface area (Å²) in [5.41, 5.74) is 0. The van der Waals surface area contributed by atoms with Gasteiger partial charge in [0, 0.05) is 19.5 Å². The van der Waals surface area contributed by atoms with Crippen LogP contribution in [0.25, 0.3) is 0 Å². The lowest BCUT2D eigenvalue weighted by Crippen LogP contribution is -2.41. The zero-order valence-corrected chi connectivity index (χ0v) is 14.8. The fourth-order valence-corrected chi connectivity index (χ4v) is 3.58. The van der Waals surface area contributed by atoms with E-state index in [-0.39, 0.29) is 12.1 Å². The van der Waals surface area contributed by atoms with Crippen molar-refractivity contribution in [2.75, 3.05) is 26.2 Å². The number of aryl methyl sites for hydroxylation is 2. The monoisotopic (exact) mass is 334 g/mol. The standard InChI is InChI=1S/C17H30N6O/c1-2-15-20-16-14(8-6-13-23(16)21-15)19-17(24)18-9-7-12-22-10-4-3-5-11-22/h14H,2-13H2,1H3,(H2,18,19,24). The van der Waals surface area contributed by atoms with Gasteiger partial charge in [0.05, 0.1) is 6.04 Å². The van der Waals surface area contributed by atoms with E-state index in [9.17, 15) is 4.79 Å². The van der Waals surface area contributed by atoms with Crippen LogP contribution in [0.2, 0.25) is 0 Å². The van der Waals surface area contributed by atoms with E-state index in [1.165, 1.54) is 32.4 Å². The van der Waals surface area contributed by atoms with Gasteiger partial charge in [-0.05, 0) is 51.7 Å². The van der Waals surface area contributed by atoms with E-state index in [0.29, 0.717) is 0 Å². The molecule has 2 N–H and O–H groups in total. The molecule has 2 aliphatic heterocycles. The zero-order valence-electron chi connectivity index (χ0n) is 14.8. The number of rotatable bonds is 6. The van der Waals surface area contributed by atoms with Crippen LogP contribution in [0.5, 0.6) is 0 Å². The molecule has 1 aromatic heterocycles. The van der Waals surface area contributed by atoms with Crippen molar-refractivity contribution in [1.82, 2.24) is 30.3 Å². The van der Waals surface area contributed by atoms with Gasteiger partial charge >= 0.3 is 6.03 Å². The number of hydrogen-bond donors (Lipinski definition) is 2. The molecule has 2 amide bonds. The molecule has 1 fully saturated rings. The first-order chi connectivity index (χ1) is 11.8. The highest BCUT2D eigenvalue weighted by molar-refractivity contribution is 5.74. The summed E-state index contributed by atoms with van der Waals surface area (Å²) in [6.45, 7) is 7.18. The third kappa shape index (κ3) is 4.47. The minimum absolute atomic E-state index is 0.0198. The van der Waals surface area contributed by atoms with Crippen LogP contribution in [0.4, 0.5) is 4.79 Å². The van der Waals surface area contributed by atoms with Crippen molar-refractivity contribution in [3.8, 4) is 0 Å². The van der Waals surface area contributed by atoms with Gasteiger partial charge in [0.2, 0.25) is 0 Å². The van der Waals surface area contributed by atoms with E-state index in [4.69, 9.17) is 0 Å². The number of fused-ring (bicyclic) bond motifs is 1. The summed E-state index contributed by atoms with van der Waals surface area (Å²) in [5, 5.41) is 10.5. The summed E-state index contributed by atoms with van der Waals surface area (Å²) in [4.78, 5) is 19.2. The van der Waals surface area contributed by atoms with Crippen LogP contribution in [0, 0.1) is 0 Å². The Bertz CT molecular complexity index is 537. The van der Waals surface area contributed by atoms with E-state index in [0.717, 1.165) is 57.0 Å². The molecule has 1 unspecified atom stereocenters. The lowest BCUT2D eigenvalue weighted by molar-refractivity contribution is 0.220. The van der Waals surface area contributed by atoms with E-state index in [1.807, 2.05) is 4.68 Å². The average molecular weight is 334 g/mol. The Kier molecular flexibility index (Phi) is 6.07. The van der Waals surface area contributed by atoms with Crippen LogP contribution >= 0.6 is 0 Å². The number of urea groups is 1. The quantitative estimate of drug-likeness (QED) is 0.779. The van der Waals surface area contributed by atoms with E-state index >= 15 is 0 Å². The Labute approximate surface area is 144 Å². The maximum atomic E-state index is 12.2. The molecule has 2 aliphatic rings. The molecule has 24 heavy (non-hydrogen) atoms. The first kappa shape index (κ1) is 17.2. The molecule has 0 aromatic carbocycles. The van der Waals surface area contributed by atoms with E-state index < -0.39 is 0 Å². The zero-order chi connectivity index (χ0) is 16.8. The number of carbonyl (C=O) groups is 1. The maximum absolute atomic E-state index is 12.2. The largest absolute Gasteiger partial charge is 0.338 e. The highest BCUT2D eigenvalue weighted by Gasteiger charge is 2.25. The summed E-state index contributed by atoms with van der Waals surface area (Å²) in [5.74, 6) is 1.77. The lowest BCUT2D eigenvalue weighted by atomic mass is 10.1. The van der Waals surface area contributed by atoms with Gasteiger partial charge in [-0.15, -0.1) is 0 Å². The fraction of sp³-hybridized carbons (Fsp3) is 0.824. The third-order valence-electron chi connectivity index (χ3n) is 4.93. The van der Waals surface area contributed by atoms with Crippen molar-refractivity contribution in [1.29, 1.82) is 0 Å². The van der Waals surface area contributed by atoms with Gasteiger partial charge in [-0.25, -0.2) is 14.5 Å². The maximum Gasteiger partial charge on any atom is 0.315 e. The number of likely N-dealkylation sites (tertiary alicyclic amines) is 1. The van der Waals surface area contributed by atoms with Crippen LogP contribution in [0.1, 0.15) is 63.1 Å². The summed E-state index contributed by atoms with van der Waals surface area (Å²) < 4.78 is 1.95. The van der Waals surface area contributed by atoms with Crippen LogP contribution in [0.3, 0.4) is 0 Å². The Morgan fingerprint density at radius 3 is 2.83 bits per heavy atom. The number of nitrogens with zero attached hydrogens (tertiary/aromatic N) is 4. The number of amides is 2. The molecule has 0 spiro atoms. The molecule has 0 bridgehead atoms. The predicted molar refractivity (Wildman–Crippen MR) is 92.8 cm³/mol. The van der Waals surface area contributed by atoms with Gasteiger partial charge in [0.1, 0.15) is 5.82 Å². The van der Waals surface area contributed by atoms with Gasteiger partial charge in [0.15, 0.2) is 5.82 Å². The van der Waals surface area contributed by atoms with Gasteiger partial charge in [-0.2, -0.15) is 5.10 Å². The van der Waals surface area contributed by atoms with E-state index in [2.05, 4.69) is 32.5 Å². The predicted octanol–water partition coefficient (Wildman–Crippen LogP) is 1.85. The number of nitrogens with one attached hydrogen (secondary N) is 2. The average Bonchev–Trinajstić information content (AvgIpc) is 3.04. The van der Waals surface area contributed by atoms with Gasteiger partial charge in [-0.3, -0.25) is 0 Å². The highest BCUT2D eigenvalue weighted by atomic mass is 16.2. The number of hydrogen-bond acceptors (Lipinski definition) is 4. The summed E-state index contributed by atoms with van der Waals surface area (Å²) >= 11 is 0. The Balaban J connectivity index is 1.40. The van der Waals surface area contributed by atoms with E-state index in [1.54, 1.807) is 0 Å². The number of piperidine rings is 1. The SMILES string of the molecule is CCc1nc2n(n1)CCCC2NC(=O)NCCCN1CCCCC1. The van der Waals surface area contributed by atoms with Gasteiger partial charge < -0.3 is 15.5 Å². The minimum atomic E-state index is -0.0897. The van der Waals surface area contributed by atoms with Crippen LogP contribution in [-0.2, 0) is 13.0 Å². The van der Waals surface area contributed by atoms with Gasteiger partial charge in [0.25, 0.3) is 0 Å². The van der Waals surface area contributed by atoms with Crippen LogP contribution in [0.15, 0.2) is 0 Å². The summed E-state index contributed by atoms with van der Waals surface area (Å²) in [6.07, 6.45) is 7.79. The second-order valence-electron chi connectivity index (χ2n) is 6.81. The smallest absolute Gasteiger partial charge is 0.315 e.